The van der Waals surface area contributed by atoms with E-state index >= 15 is 0 Å². The summed E-state index contributed by atoms with van der Waals surface area (Å²) in [6.45, 7) is 5.62. The fourth-order valence-electron chi connectivity index (χ4n) is 2.38. The predicted molar refractivity (Wildman–Crippen MR) is 73.1 cm³/mol. The molecule has 0 aromatic rings. The first kappa shape index (κ1) is 15.4. The number of hydrogen-bond donors (Lipinski definition) is 2. The van der Waals surface area contributed by atoms with Crippen molar-refractivity contribution in [2.45, 2.75) is 82.9 Å². The second-order valence-corrected chi connectivity index (χ2v) is 6.56. The fraction of sp³-hybridized carbons (Fsp3) is 0.929. The van der Waals surface area contributed by atoms with Crippen LogP contribution in [0.1, 0.15) is 65.7 Å². The Bertz CT molecular complexity index is 286. The Balaban J connectivity index is 2.66. The molecule has 0 saturated heterocycles. The lowest BCUT2D eigenvalue weighted by atomic mass is 9.88. The van der Waals surface area contributed by atoms with Gasteiger partial charge in [-0.2, -0.15) is 0 Å². The molecule has 1 rings (SSSR count). The summed E-state index contributed by atoms with van der Waals surface area (Å²) in [6.07, 6.45) is 6.25. The van der Waals surface area contributed by atoms with Crippen LogP contribution < -0.4 is 11.5 Å². The molecule has 0 aromatic heterocycles. The lowest BCUT2D eigenvalue weighted by Gasteiger charge is -2.31. The molecule has 2 atom stereocenters. The number of carbonyl (C=O) groups excluding carboxylic acids is 1. The van der Waals surface area contributed by atoms with Crippen LogP contribution in [0.15, 0.2) is 0 Å². The third-order valence-electron chi connectivity index (χ3n) is 3.45. The molecule has 0 heterocycles. The van der Waals surface area contributed by atoms with E-state index < -0.39 is 11.1 Å². The predicted octanol–water partition coefficient (Wildman–Crippen LogP) is 2.10. The zero-order valence-electron chi connectivity index (χ0n) is 12.0. The van der Waals surface area contributed by atoms with Gasteiger partial charge in [-0.15, -0.1) is 0 Å². The number of carbonyl (C=O) groups is 1. The van der Waals surface area contributed by atoms with Crippen molar-refractivity contribution in [1.29, 1.82) is 0 Å². The number of nitrogens with two attached hydrogens (primary N) is 2. The van der Waals surface area contributed by atoms with Gasteiger partial charge in [-0.1, -0.05) is 12.8 Å². The molecule has 106 valence electrons. The fourth-order valence-corrected chi connectivity index (χ4v) is 2.38. The molecule has 0 spiro atoms. The van der Waals surface area contributed by atoms with E-state index in [1.165, 1.54) is 0 Å². The number of ether oxygens (including phenoxy) is 1. The molecule has 0 aromatic carbocycles. The zero-order valence-corrected chi connectivity index (χ0v) is 12.0. The molecular formula is C14H28N2O2. The Morgan fingerprint density at radius 1 is 1.17 bits per heavy atom. The standard InChI is InChI=1S/C14H28N2O2/c1-13(2,3)18-12(17)14(16)9-5-4-7-11(15)8-6-10-14/h11H,4-10,15-16H2,1-3H3. The first-order valence-electron chi connectivity index (χ1n) is 7.01. The van der Waals surface area contributed by atoms with Crippen molar-refractivity contribution in [2.24, 2.45) is 11.5 Å². The Morgan fingerprint density at radius 2 is 1.72 bits per heavy atom. The quantitative estimate of drug-likeness (QED) is 0.704. The van der Waals surface area contributed by atoms with Gasteiger partial charge in [0.1, 0.15) is 11.1 Å². The highest BCUT2D eigenvalue weighted by atomic mass is 16.6. The minimum Gasteiger partial charge on any atom is -0.459 e. The molecule has 4 N–H and O–H groups in total. The van der Waals surface area contributed by atoms with E-state index in [0.717, 1.165) is 32.1 Å². The first-order chi connectivity index (χ1) is 8.23. The van der Waals surface area contributed by atoms with E-state index in [1.54, 1.807) is 0 Å². The second-order valence-electron chi connectivity index (χ2n) is 6.56. The van der Waals surface area contributed by atoms with Gasteiger partial charge in [-0.3, -0.25) is 4.79 Å². The number of rotatable bonds is 1. The van der Waals surface area contributed by atoms with E-state index in [0.29, 0.717) is 12.8 Å². The molecule has 0 bridgehead atoms. The van der Waals surface area contributed by atoms with Crippen LogP contribution in [-0.2, 0) is 9.53 Å². The van der Waals surface area contributed by atoms with E-state index in [9.17, 15) is 4.79 Å². The molecule has 0 radical (unpaired) electrons. The maximum atomic E-state index is 12.2. The van der Waals surface area contributed by atoms with Crippen LogP contribution in [0.3, 0.4) is 0 Å². The maximum Gasteiger partial charge on any atom is 0.326 e. The minimum absolute atomic E-state index is 0.256. The lowest BCUT2D eigenvalue weighted by molar-refractivity contribution is -0.162. The van der Waals surface area contributed by atoms with Gasteiger partial charge in [0.05, 0.1) is 0 Å². The molecule has 1 aliphatic rings. The van der Waals surface area contributed by atoms with Crippen molar-refractivity contribution < 1.29 is 9.53 Å². The number of hydrogen-bond acceptors (Lipinski definition) is 4. The Kier molecular flexibility index (Phi) is 5.17. The normalized spacial score (nSPS) is 31.1. The lowest BCUT2D eigenvalue weighted by Crippen LogP contribution is -2.51. The molecular weight excluding hydrogens is 228 g/mol. The SMILES string of the molecule is CC(C)(C)OC(=O)C1(N)CCCCC(N)CCC1. The molecule has 1 saturated carbocycles. The summed E-state index contributed by atoms with van der Waals surface area (Å²) < 4.78 is 5.45. The minimum atomic E-state index is -0.822. The van der Waals surface area contributed by atoms with E-state index in [-0.39, 0.29) is 12.0 Å². The Morgan fingerprint density at radius 3 is 2.33 bits per heavy atom. The summed E-state index contributed by atoms with van der Waals surface area (Å²) in [7, 11) is 0. The molecule has 18 heavy (non-hydrogen) atoms. The van der Waals surface area contributed by atoms with Crippen LogP contribution in [-0.4, -0.2) is 23.2 Å². The van der Waals surface area contributed by atoms with Gasteiger partial charge in [0, 0.05) is 6.04 Å². The van der Waals surface area contributed by atoms with E-state index in [4.69, 9.17) is 16.2 Å². The highest BCUT2D eigenvalue weighted by molar-refractivity contribution is 5.80. The van der Waals surface area contributed by atoms with Crippen LogP contribution in [0.4, 0.5) is 0 Å². The summed E-state index contributed by atoms with van der Waals surface area (Å²) in [5.41, 5.74) is 11.0. The average Bonchev–Trinajstić information content (AvgIpc) is 2.28. The van der Waals surface area contributed by atoms with Crippen molar-refractivity contribution >= 4 is 5.97 Å². The molecule has 1 fully saturated rings. The highest BCUT2D eigenvalue weighted by Crippen LogP contribution is 2.26. The molecule has 0 amide bonds. The number of esters is 1. The summed E-state index contributed by atoms with van der Waals surface area (Å²) in [5.74, 6) is -0.259. The average molecular weight is 256 g/mol. The second kappa shape index (κ2) is 6.02. The van der Waals surface area contributed by atoms with Gasteiger partial charge < -0.3 is 16.2 Å². The molecule has 4 heteroatoms. The van der Waals surface area contributed by atoms with Gasteiger partial charge in [0.15, 0.2) is 0 Å². The van der Waals surface area contributed by atoms with Gasteiger partial charge in [-0.25, -0.2) is 0 Å². The van der Waals surface area contributed by atoms with Crippen molar-refractivity contribution in [3.05, 3.63) is 0 Å². The van der Waals surface area contributed by atoms with Crippen molar-refractivity contribution in [1.82, 2.24) is 0 Å². The van der Waals surface area contributed by atoms with E-state index in [1.807, 2.05) is 20.8 Å². The van der Waals surface area contributed by atoms with Crippen LogP contribution >= 0.6 is 0 Å². The smallest absolute Gasteiger partial charge is 0.326 e. The third kappa shape index (κ3) is 4.94. The monoisotopic (exact) mass is 256 g/mol. The van der Waals surface area contributed by atoms with Gasteiger partial charge >= 0.3 is 5.97 Å². The van der Waals surface area contributed by atoms with Gasteiger partial charge in [0.2, 0.25) is 0 Å². The van der Waals surface area contributed by atoms with Crippen LogP contribution in [0.2, 0.25) is 0 Å². The molecule has 1 aliphatic carbocycles. The van der Waals surface area contributed by atoms with Crippen LogP contribution in [0, 0.1) is 0 Å². The first-order valence-corrected chi connectivity index (χ1v) is 7.01. The van der Waals surface area contributed by atoms with E-state index in [2.05, 4.69) is 0 Å². The Hall–Kier alpha value is -0.610. The zero-order chi connectivity index (χ0) is 13.8. The van der Waals surface area contributed by atoms with Crippen LogP contribution in [0.5, 0.6) is 0 Å². The summed E-state index contributed by atoms with van der Waals surface area (Å²) in [4.78, 5) is 12.2. The Labute approximate surface area is 110 Å². The van der Waals surface area contributed by atoms with Crippen LogP contribution in [0.25, 0.3) is 0 Å². The third-order valence-corrected chi connectivity index (χ3v) is 3.45. The molecule has 0 aliphatic heterocycles. The topological polar surface area (TPSA) is 78.3 Å². The van der Waals surface area contributed by atoms with Gasteiger partial charge in [-0.05, 0) is 52.9 Å². The summed E-state index contributed by atoms with van der Waals surface area (Å²) >= 11 is 0. The molecule has 4 nitrogen and oxygen atoms in total. The van der Waals surface area contributed by atoms with Crippen molar-refractivity contribution in [2.75, 3.05) is 0 Å². The van der Waals surface area contributed by atoms with Gasteiger partial charge in [0.25, 0.3) is 0 Å². The summed E-state index contributed by atoms with van der Waals surface area (Å²) in [6, 6.07) is 0.256. The largest absolute Gasteiger partial charge is 0.459 e. The van der Waals surface area contributed by atoms with Crippen molar-refractivity contribution in [3.63, 3.8) is 0 Å². The molecule has 2 unspecified atom stereocenters. The summed E-state index contributed by atoms with van der Waals surface area (Å²) in [5, 5.41) is 0. The maximum absolute atomic E-state index is 12.2. The highest BCUT2D eigenvalue weighted by Gasteiger charge is 2.37. The van der Waals surface area contributed by atoms with Crippen molar-refractivity contribution in [3.8, 4) is 0 Å².